The zero-order valence-electron chi connectivity index (χ0n) is 18.9. The highest BCUT2D eigenvalue weighted by molar-refractivity contribution is 6.30. The molecule has 0 saturated carbocycles. The summed E-state index contributed by atoms with van der Waals surface area (Å²) < 4.78 is 13.0. The van der Waals surface area contributed by atoms with E-state index in [4.69, 9.17) is 21.1 Å². The molecule has 1 atom stereocenters. The molecule has 0 radical (unpaired) electrons. The van der Waals surface area contributed by atoms with Crippen molar-refractivity contribution in [3.63, 3.8) is 0 Å². The van der Waals surface area contributed by atoms with Crippen LogP contribution in [-0.2, 0) is 6.54 Å². The lowest BCUT2D eigenvalue weighted by Gasteiger charge is -2.31. The molecule has 2 heterocycles. The largest absolute Gasteiger partial charge is 0.497 e. The molecule has 1 aromatic heterocycles. The zero-order chi connectivity index (χ0) is 23.7. The Labute approximate surface area is 203 Å². The van der Waals surface area contributed by atoms with Gasteiger partial charge in [0.2, 0.25) is 0 Å². The molecule has 3 aromatic carbocycles. The number of aromatic nitrogens is 1. The highest BCUT2D eigenvalue weighted by Crippen LogP contribution is 2.38. The van der Waals surface area contributed by atoms with E-state index in [1.54, 1.807) is 32.4 Å². The molecule has 7 heteroatoms. The van der Waals surface area contributed by atoms with Crippen molar-refractivity contribution in [3.05, 3.63) is 107 Å². The van der Waals surface area contributed by atoms with Crippen molar-refractivity contribution in [2.75, 3.05) is 19.5 Å². The highest BCUT2D eigenvalue weighted by Gasteiger charge is 2.33. The number of urea groups is 1. The van der Waals surface area contributed by atoms with Crippen molar-refractivity contribution in [1.29, 1.82) is 0 Å². The zero-order valence-corrected chi connectivity index (χ0v) is 19.6. The molecule has 1 N–H and O–H groups in total. The van der Waals surface area contributed by atoms with Crippen LogP contribution in [0.4, 0.5) is 10.5 Å². The van der Waals surface area contributed by atoms with Gasteiger partial charge in [0.15, 0.2) is 0 Å². The van der Waals surface area contributed by atoms with Gasteiger partial charge in [0.25, 0.3) is 0 Å². The Morgan fingerprint density at radius 1 is 0.971 bits per heavy atom. The normalized spacial score (nSPS) is 14.6. The summed E-state index contributed by atoms with van der Waals surface area (Å²) in [5.74, 6) is 1.17. The van der Waals surface area contributed by atoms with Gasteiger partial charge in [-0.1, -0.05) is 41.9 Å². The van der Waals surface area contributed by atoms with Crippen molar-refractivity contribution >= 4 is 23.3 Å². The Morgan fingerprint density at radius 2 is 1.82 bits per heavy atom. The number of amides is 2. The van der Waals surface area contributed by atoms with E-state index in [2.05, 4.69) is 16.0 Å². The summed E-state index contributed by atoms with van der Waals surface area (Å²) in [7, 11) is 3.16. The van der Waals surface area contributed by atoms with Gasteiger partial charge in [-0.3, -0.25) is 0 Å². The second-order valence-electron chi connectivity index (χ2n) is 8.01. The number of methoxy groups -OCH3 is 2. The average molecular weight is 474 g/mol. The molecule has 34 heavy (non-hydrogen) atoms. The number of para-hydroxylation sites is 1. The van der Waals surface area contributed by atoms with E-state index in [9.17, 15) is 4.79 Å². The van der Waals surface area contributed by atoms with Crippen molar-refractivity contribution in [3.8, 4) is 17.2 Å². The monoisotopic (exact) mass is 473 g/mol. The first-order valence-corrected chi connectivity index (χ1v) is 11.3. The molecule has 0 fully saturated rings. The molecule has 6 nitrogen and oxygen atoms in total. The number of hydrogen-bond acceptors (Lipinski definition) is 3. The Kier molecular flexibility index (Phi) is 5.90. The van der Waals surface area contributed by atoms with Crippen LogP contribution in [0.5, 0.6) is 11.5 Å². The maximum Gasteiger partial charge on any atom is 0.323 e. The SMILES string of the molecule is COc1ccc(OC)c(NC(=O)N2Cc3ccccc3-n3cccc3C2c2cccc(Cl)c2)c1. The quantitative estimate of drug-likeness (QED) is 0.379. The molecule has 0 bridgehead atoms. The molecule has 0 aliphatic carbocycles. The van der Waals surface area contributed by atoms with Crippen molar-refractivity contribution < 1.29 is 14.3 Å². The van der Waals surface area contributed by atoms with Gasteiger partial charge in [-0.05, 0) is 53.6 Å². The van der Waals surface area contributed by atoms with E-state index in [1.807, 2.05) is 65.7 Å². The molecule has 1 unspecified atom stereocenters. The van der Waals surface area contributed by atoms with E-state index >= 15 is 0 Å². The van der Waals surface area contributed by atoms with Gasteiger partial charge < -0.3 is 24.3 Å². The predicted molar refractivity (Wildman–Crippen MR) is 133 cm³/mol. The van der Waals surface area contributed by atoms with Crippen molar-refractivity contribution in [1.82, 2.24) is 9.47 Å². The maximum atomic E-state index is 13.9. The predicted octanol–water partition coefficient (Wildman–Crippen LogP) is 6.29. The van der Waals surface area contributed by atoms with Gasteiger partial charge in [-0.25, -0.2) is 4.79 Å². The number of nitrogens with zero attached hydrogens (tertiary/aromatic N) is 2. The summed E-state index contributed by atoms with van der Waals surface area (Å²) in [5, 5.41) is 3.66. The molecular weight excluding hydrogens is 450 g/mol. The van der Waals surface area contributed by atoms with Crippen LogP contribution < -0.4 is 14.8 Å². The Hall–Kier alpha value is -3.90. The fraction of sp³-hybridized carbons (Fsp3) is 0.148. The maximum absolute atomic E-state index is 13.9. The number of fused-ring (bicyclic) bond motifs is 3. The Balaban J connectivity index is 1.63. The average Bonchev–Trinajstić information content (AvgIpc) is 3.28. The van der Waals surface area contributed by atoms with Gasteiger partial charge in [0.05, 0.1) is 38.2 Å². The third-order valence-corrected chi connectivity index (χ3v) is 6.27. The van der Waals surface area contributed by atoms with E-state index in [0.717, 1.165) is 22.5 Å². The fourth-order valence-corrected chi connectivity index (χ4v) is 4.66. The molecule has 172 valence electrons. The smallest absolute Gasteiger partial charge is 0.323 e. The molecule has 1 aliphatic heterocycles. The van der Waals surface area contributed by atoms with Crippen LogP contribution in [0.25, 0.3) is 5.69 Å². The minimum absolute atomic E-state index is 0.263. The van der Waals surface area contributed by atoms with Crippen LogP contribution in [0, 0.1) is 0 Å². The number of anilines is 1. The van der Waals surface area contributed by atoms with Crippen LogP contribution in [-0.4, -0.2) is 29.7 Å². The molecular formula is C27H24ClN3O3. The third-order valence-electron chi connectivity index (χ3n) is 6.04. The topological polar surface area (TPSA) is 55.7 Å². The fourth-order valence-electron chi connectivity index (χ4n) is 4.47. The van der Waals surface area contributed by atoms with E-state index in [1.165, 1.54) is 0 Å². The number of ether oxygens (including phenoxy) is 2. The Bertz CT molecular complexity index is 1350. The standard InChI is InChI=1S/C27H24ClN3O3/c1-33-21-12-13-25(34-2)22(16-21)29-27(32)31-17-19-7-3-4-10-23(19)30-14-6-11-24(30)26(31)18-8-5-9-20(28)15-18/h3-16,26H,17H2,1-2H3,(H,29,32). The summed E-state index contributed by atoms with van der Waals surface area (Å²) in [5.41, 5.74) is 4.51. The van der Waals surface area contributed by atoms with E-state index in [-0.39, 0.29) is 12.1 Å². The van der Waals surface area contributed by atoms with Crippen molar-refractivity contribution in [2.45, 2.75) is 12.6 Å². The summed E-state index contributed by atoms with van der Waals surface area (Å²) in [6.07, 6.45) is 2.03. The number of nitrogens with one attached hydrogen (secondary N) is 1. The number of halogens is 1. The first-order chi connectivity index (χ1) is 16.6. The van der Waals surface area contributed by atoms with Crippen LogP contribution in [0.2, 0.25) is 5.02 Å². The molecule has 2 amide bonds. The van der Waals surface area contributed by atoms with E-state index in [0.29, 0.717) is 28.8 Å². The van der Waals surface area contributed by atoms with Gasteiger partial charge in [-0.2, -0.15) is 0 Å². The summed E-state index contributed by atoms with van der Waals surface area (Å²) in [6.45, 7) is 0.410. The molecule has 0 saturated heterocycles. The van der Waals surface area contributed by atoms with Gasteiger partial charge in [0.1, 0.15) is 11.5 Å². The van der Waals surface area contributed by atoms with Gasteiger partial charge >= 0.3 is 6.03 Å². The lowest BCUT2D eigenvalue weighted by Crippen LogP contribution is -2.38. The van der Waals surface area contributed by atoms with Crippen LogP contribution in [0.1, 0.15) is 22.9 Å². The lowest BCUT2D eigenvalue weighted by atomic mass is 10.0. The molecule has 4 aromatic rings. The minimum Gasteiger partial charge on any atom is -0.497 e. The van der Waals surface area contributed by atoms with Crippen molar-refractivity contribution in [2.24, 2.45) is 0 Å². The summed E-state index contributed by atoms with van der Waals surface area (Å²) >= 11 is 6.37. The Morgan fingerprint density at radius 3 is 2.62 bits per heavy atom. The molecule has 1 aliphatic rings. The highest BCUT2D eigenvalue weighted by atomic mass is 35.5. The van der Waals surface area contributed by atoms with Crippen LogP contribution >= 0.6 is 11.6 Å². The van der Waals surface area contributed by atoms with E-state index < -0.39 is 0 Å². The lowest BCUT2D eigenvalue weighted by molar-refractivity contribution is 0.194. The number of benzene rings is 3. The van der Waals surface area contributed by atoms with Crippen LogP contribution in [0.3, 0.4) is 0 Å². The van der Waals surface area contributed by atoms with Gasteiger partial charge in [-0.15, -0.1) is 0 Å². The molecule has 0 spiro atoms. The third kappa shape index (κ3) is 3.97. The number of carbonyl (C=O) groups excluding carboxylic acids is 1. The molecule has 5 rings (SSSR count). The summed E-state index contributed by atoms with van der Waals surface area (Å²) in [6, 6.07) is 24.5. The number of rotatable bonds is 4. The second-order valence-corrected chi connectivity index (χ2v) is 8.45. The minimum atomic E-state index is -0.363. The van der Waals surface area contributed by atoms with Crippen LogP contribution in [0.15, 0.2) is 85.1 Å². The van der Waals surface area contributed by atoms with Gasteiger partial charge in [0, 0.05) is 23.0 Å². The first-order valence-electron chi connectivity index (χ1n) is 10.9. The second kappa shape index (κ2) is 9.15. The summed E-state index contributed by atoms with van der Waals surface area (Å²) in [4.78, 5) is 15.7. The first kappa shape index (κ1) is 21.9. The number of carbonyl (C=O) groups is 1. The number of hydrogen-bond donors (Lipinski definition) is 1.